The number of benzene rings is 2. The molecule has 100 valence electrons. The predicted molar refractivity (Wildman–Crippen MR) is 78.0 cm³/mol. The summed E-state index contributed by atoms with van der Waals surface area (Å²) in [7, 11) is -4.02. The van der Waals surface area contributed by atoms with Crippen LogP contribution in [0.5, 0.6) is 0 Å². The first-order chi connectivity index (χ1) is 9.16. The second-order valence-corrected chi connectivity index (χ2v) is 5.44. The summed E-state index contributed by atoms with van der Waals surface area (Å²) in [5.41, 5.74) is 1.64. The maximum absolute atomic E-state index is 11.7. The Labute approximate surface area is 158 Å². The summed E-state index contributed by atoms with van der Waals surface area (Å²) in [6.07, 6.45) is 0. The van der Waals surface area contributed by atoms with Crippen molar-refractivity contribution in [3.63, 3.8) is 0 Å². The molecule has 0 aromatic heterocycles. The Bertz CT molecular complexity index is 500. The molecule has 0 saturated carbocycles. The molecule has 2 rings (SSSR count). The molecule has 0 aliphatic heterocycles. The van der Waals surface area contributed by atoms with E-state index in [-0.39, 0.29) is 62.1 Å². The van der Waals surface area contributed by atoms with Crippen molar-refractivity contribution in [3.05, 3.63) is 71.8 Å². The van der Waals surface area contributed by atoms with E-state index in [4.69, 9.17) is 9.05 Å². The van der Waals surface area contributed by atoms with Crippen LogP contribution in [-0.4, -0.2) is 53.8 Å². The Morgan fingerprint density at radius 2 is 1.15 bits per heavy atom. The average molecular weight is 416 g/mol. The van der Waals surface area contributed by atoms with Crippen LogP contribution in [0.15, 0.2) is 60.7 Å². The molecule has 0 aliphatic rings. The van der Waals surface area contributed by atoms with Crippen LogP contribution in [0.3, 0.4) is 0 Å². The molecule has 2 aromatic carbocycles. The topological polar surface area (TPSA) is 55.8 Å². The smallest absolute Gasteiger partial charge is 0.302 e. The molecule has 0 amide bonds. The molecule has 0 atom stereocenters. The number of phosphoric ester groups is 1. The van der Waals surface area contributed by atoms with Gasteiger partial charge in [0.2, 0.25) is 0 Å². The minimum atomic E-state index is -4.02. The average Bonchev–Trinajstić information content (AvgIpc) is 2.46. The molecule has 1 N–H and O–H groups in total. The van der Waals surface area contributed by atoms with E-state index in [1.54, 1.807) is 0 Å². The first kappa shape index (κ1) is 18.2. The third kappa shape index (κ3) is 6.72. The molecule has 20 heavy (non-hydrogen) atoms. The largest absolute Gasteiger partial charge is 2.00 e. The van der Waals surface area contributed by atoms with Gasteiger partial charge in [-0.15, -0.1) is 0 Å². The van der Waals surface area contributed by atoms with Gasteiger partial charge in [0.05, 0.1) is 13.2 Å². The summed E-state index contributed by atoms with van der Waals surface area (Å²) in [5.74, 6) is 0. The SMILES string of the molecule is O=P(O)(OCc1ccccc1)OCc1ccccc1.[Ba+2]. The zero-order valence-electron chi connectivity index (χ0n) is 11.0. The predicted octanol–water partition coefficient (Wildman–Crippen LogP) is 3.14. The summed E-state index contributed by atoms with van der Waals surface area (Å²) in [5, 5.41) is 0. The number of hydrogen-bond acceptors (Lipinski definition) is 3. The summed E-state index contributed by atoms with van der Waals surface area (Å²) in [6.45, 7) is 0.0901. The van der Waals surface area contributed by atoms with Gasteiger partial charge in [0.1, 0.15) is 0 Å². The van der Waals surface area contributed by atoms with Crippen molar-refractivity contribution in [2.75, 3.05) is 0 Å². The van der Waals surface area contributed by atoms with E-state index in [1.165, 1.54) is 0 Å². The minimum absolute atomic E-state index is 0. The monoisotopic (exact) mass is 416 g/mol. The number of rotatable bonds is 6. The van der Waals surface area contributed by atoms with Gasteiger partial charge in [-0.25, -0.2) is 4.57 Å². The van der Waals surface area contributed by atoms with E-state index in [2.05, 4.69) is 0 Å². The van der Waals surface area contributed by atoms with Crippen LogP contribution < -0.4 is 0 Å². The van der Waals surface area contributed by atoms with Gasteiger partial charge in [0, 0.05) is 0 Å². The molecule has 4 nitrogen and oxygen atoms in total. The van der Waals surface area contributed by atoms with Gasteiger partial charge in [-0.3, -0.25) is 9.05 Å². The van der Waals surface area contributed by atoms with Crippen molar-refractivity contribution in [1.29, 1.82) is 0 Å². The summed E-state index contributed by atoms with van der Waals surface area (Å²) in [6, 6.07) is 18.4. The second-order valence-electron chi connectivity index (χ2n) is 3.99. The van der Waals surface area contributed by atoms with Crippen LogP contribution in [0.1, 0.15) is 11.1 Å². The van der Waals surface area contributed by atoms with Crippen molar-refractivity contribution >= 4 is 56.7 Å². The molecular formula is C14H15BaO4P+2. The summed E-state index contributed by atoms with van der Waals surface area (Å²) >= 11 is 0. The standard InChI is InChI=1S/C14H15O4P.Ba/c15-19(16,17-11-13-7-3-1-4-8-13)18-12-14-9-5-2-6-10-14;/h1-10H,11-12H2,(H,15,16);/q;+2. The van der Waals surface area contributed by atoms with E-state index in [9.17, 15) is 9.46 Å². The van der Waals surface area contributed by atoms with Crippen LogP contribution in [0.2, 0.25) is 0 Å². The summed E-state index contributed by atoms with van der Waals surface area (Å²) in [4.78, 5) is 9.55. The Hall–Kier alpha value is 0.121. The van der Waals surface area contributed by atoms with Crippen LogP contribution >= 0.6 is 7.82 Å². The second kappa shape index (κ2) is 9.20. The quantitative estimate of drug-likeness (QED) is 0.582. The summed E-state index contributed by atoms with van der Waals surface area (Å²) < 4.78 is 21.5. The van der Waals surface area contributed by atoms with Crippen LogP contribution in [0.25, 0.3) is 0 Å². The van der Waals surface area contributed by atoms with Crippen molar-refractivity contribution in [3.8, 4) is 0 Å². The fourth-order valence-electron chi connectivity index (χ4n) is 1.50. The number of phosphoric acid groups is 1. The Morgan fingerprint density at radius 3 is 1.50 bits per heavy atom. The molecule has 0 unspecified atom stereocenters. The van der Waals surface area contributed by atoms with E-state index in [0.717, 1.165) is 11.1 Å². The minimum Gasteiger partial charge on any atom is -0.302 e. The van der Waals surface area contributed by atoms with Crippen molar-refractivity contribution in [2.24, 2.45) is 0 Å². The molecule has 0 radical (unpaired) electrons. The van der Waals surface area contributed by atoms with Gasteiger partial charge in [0.25, 0.3) is 0 Å². The van der Waals surface area contributed by atoms with Gasteiger partial charge in [0.15, 0.2) is 0 Å². The van der Waals surface area contributed by atoms with E-state index in [1.807, 2.05) is 60.7 Å². The molecule has 0 aliphatic carbocycles. The third-order valence-corrected chi connectivity index (χ3v) is 3.39. The Kier molecular flexibility index (Phi) is 8.36. The Morgan fingerprint density at radius 1 is 0.800 bits per heavy atom. The van der Waals surface area contributed by atoms with Gasteiger partial charge in [-0.1, -0.05) is 60.7 Å². The molecule has 0 spiro atoms. The fraction of sp³-hybridized carbons (Fsp3) is 0.143. The first-order valence-corrected chi connectivity index (χ1v) is 7.35. The third-order valence-electron chi connectivity index (χ3n) is 2.47. The molecule has 6 heteroatoms. The molecule has 0 saturated heterocycles. The van der Waals surface area contributed by atoms with E-state index < -0.39 is 7.82 Å². The van der Waals surface area contributed by atoms with Crippen molar-refractivity contribution in [1.82, 2.24) is 0 Å². The number of hydrogen-bond donors (Lipinski definition) is 1. The van der Waals surface area contributed by atoms with Crippen molar-refractivity contribution < 1.29 is 18.5 Å². The Balaban J connectivity index is 0.00000200. The molecule has 0 fully saturated rings. The van der Waals surface area contributed by atoms with Gasteiger partial charge in [-0.05, 0) is 11.1 Å². The van der Waals surface area contributed by atoms with Crippen LogP contribution in [0.4, 0.5) is 0 Å². The van der Waals surface area contributed by atoms with Crippen LogP contribution in [0, 0.1) is 0 Å². The molecule has 2 aromatic rings. The van der Waals surface area contributed by atoms with Gasteiger partial charge >= 0.3 is 56.7 Å². The van der Waals surface area contributed by atoms with E-state index >= 15 is 0 Å². The molecule has 0 bridgehead atoms. The maximum atomic E-state index is 11.7. The van der Waals surface area contributed by atoms with Crippen molar-refractivity contribution in [2.45, 2.75) is 13.2 Å². The van der Waals surface area contributed by atoms with E-state index in [0.29, 0.717) is 0 Å². The van der Waals surface area contributed by atoms with Crippen LogP contribution in [-0.2, 0) is 26.8 Å². The normalized spacial score (nSPS) is 10.8. The maximum Gasteiger partial charge on any atom is 2.00 e. The first-order valence-electron chi connectivity index (χ1n) is 5.85. The van der Waals surface area contributed by atoms with Gasteiger partial charge < -0.3 is 4.89 Å². The van der Waals surface area contributed by atoms with Gasteiger partial charge in [-0.2, -0.15) is 0 Å². The zero-order valence-corrected chi connectivity index (χ0v) is 16.3. The fourth-order valence-corrected chi connectivity index (χ4v) is 2.20. The molecular weight excluding hydrogens is 400 g/mol. The zero-order chi connectivity index (χ0) is 13.6. The molecule has 0 heterocycles.